The predicted molar refractivity (Wildman–Crippen MR) is 72.1 cm³/mol. The second-order valence-electron chi connectivity index (χ2n) is 4.60. The van der Waals surface area contributed by atoms with Gasteiger partial charge in [0, 0.05) is 38.6 Å². The van der Waals surface area contributed by atoms with Crippen LogP contribution in [0, 0.1) is 0 Å². The number of hydrogen-bond acceptors (Lipinski definition) is 4. The zero-order valence-corrected chi connectivity index (χ0v) is 11.0. The number of morpholine rings is 1. The molecule has 0 radical (unpaired) electrons. The van der Waals surface area contributed by atoms with Crippen LogP contribution in [0.25, 0.3) is 0 Å². The van der Waals surface area contributed by atoms with Crippen LogP contribution in [-0.2, 0) is 4.74 Å². The van der Waals surface area contributed by atoms with Gasteiger partial charge in [-0.2, -0.15) is 0 Å². The SMILES string of the molecule is C1CCN(N2CCOCC2)CC1.c1ccncc1. The molecule has 0 saturated carbocycles. The number of piperidine rings is 1. The lowest BCUT2D eigenvalue weighted by atomic mass is 10.2. The zero-order valence-electron chi connectivity index (χ0n) is 11.0. The molecule has 4 nitrogen and oxygen atoms in total. The van der Waals surface area contributed by atoms with Crippen molar-refractivity contribution in [1.82, 2.24) is 15.0 Å². The van der Waals surface area contributed by atoms with Crippen LogP contribution in [0.15, 0.2) is 30.6 Å². The summed E-state index contributed by atoms with van der Waals surface area (Å²) in [6.07, 6.45) is 7.66. The molecule has 0 unspecified atom stereocenters. The van der Waals surface area contributed by atoms with Crippen LogP contribution in [0.3, 0.4) is 0 Å². The molecule has 0 spiro atoms. The highest BCUT2D eigenvalue weighted by atomic mass is 16.5. The molecule has 1 aromatic heterocycles. The van der Waals surface area contributed by atoms with Crippen LogP contribution in [0.2, 0.25) is 0 Å². The van der Waals surface area contributed by atoms with E-state index in [2.05, 4.69) is 15.0 Å². The fraction of sp³-hybridized carbons (Fsp3) is 0.643. The Morgan fingerprint density at radius 3 is 1.83 bits per heavy atom. The summed E-state index contributed by atoms with van der Waals surface area (Å²) in [4.78, 5) is 3.78. The maximum atomic E-state index is 5.32. The van der Waals surface area contributed by atoms with E-state index in [-0.39, 0.29) is 0 Å². The second-order valence-corrected chi connectivity index (χ2v) is 4.60. The number of hydrazine groups is 1. The van der Waals surface area contributed by atoms with E-state index >= 15 is 0 Å². The van der Waals surface area contributed by atoms with E-state index < -0.39 is 0 Å². The first-order valence-electron chi connectivity index (χ1n) is 6.89. The molecule has 0 aromatic carbocycles. The lowest BCUT2D eigenvalue weighted by Gasteiger charge is -2.39. The van der Waals surface area contributed by atoms with E-state index in [1.54, 1.807) is 12.4 Å². The van der Waals surface area contributed by atoms with E-state index in [0.717, 1.165) is 26.3 Å². The van der Waals surface area contributed by atoms with Gasteiger partial charge in [-0.3, -0.25) is 4.98 Å². The Kier molecular flexibility index (Phi) is 6.12. The van der Waals surface area contributed by atoms with Gasteiger partial charge in [-0.1, -0.05) is 12.5 Å². The summed E-state index contributed by atoms with van der Waals surface area (Å²) in [7, 11) is 0. The van der Waals surface area contributed by atoms with Gasteiger partial charge < -0.3 is 4.74 Å². The first kappa shape index (κ1) is 13.5. The van der Waals surface area contributed by atoms with Gasteiger partial charge in [-0.15, -0.1) is 0 Å². The summed E-state index contributed by atoms with van der Waals surface area (Å²) in [6.45, 7) is 6.55. The predicted octanol–water partition coefficient (Wildman–Crippen LogP) is 1.80. The van der Waals surface area contributed by atoms with Gasteiger partial charge in [0.1, 0.15) is 0 Å². The molecule has 0 atom stereocenters. The van der Waals surface area contributed by atoms with E-state index in [1.807, 2.05) is 18.2 Å². The average molecular weight is 249 g/mol. The molecule has 3 rings (SSSR count). The Labute approximate surface area is 110 Å². The van der Waals surface area contributed by atoms with Gasteiger partial charge in [0.05, 0.1) is 13.2 Å². The molecule has 2 aliphatic heterocycles. The molecule has 18 heavy (non-hydrogen) atoms. The second kappa shape index (κ2) is 8.19. The van der Waals surface area contributed by atoms with E-state index in [0.29, 0.717) is 0 Å². The molecule has 4 heteroatoms. The average Bonchev–Trinajstić information content (AvgIpc) is 2.51. The van der Waals surface area contributed by atoms with Gasteiger partial charge >= 0.3 is 0 Å². The Morgan fingerprint density at radius 2 is 1.33 bits per heavy atom. The smallest absolute Gasteiger partial charge is 0.0608 e. The summed E-state index contributed by atoms with van der Waals surface area (Å²) in [6, 6.07) is 5.72. The minimum absolute atomic E-state index is 0.913. The normalized spacial score (nSPS) is 22.0. The highest BCUT2D eigenvalue weighted by Gasteiger charge is 2.19. The molecular formula is C14H23N3O. The lowest BCUT2D eigenvalue weighted by Crippen LogP contribution is -2.50. The maximum Gasteiger partial charge on any atom is 0.0608 e. The standard InChI is InChI=1S/C9H18N2O.C5H5N/c1-2-4-10(5-3-1)11-6-8-12-9-7-11;1-2-4-6-5-3-1/h1-9H2;1-5H. The molecule has 1 aromatic rings. The highest BCUT2D eigenvalue weighted by molar-refractivity contribution is 4.88. The third kappa shape index (κ3) is 4.72. The third-order valence-corrected chi connectivity index (χ3v) is 3.29. The van der Waals surface area contributed by atoms with Crippen molar-refractivity contribution in [2.75, 3.05) is 39.4 Å². The zero-order chi connectivity index (χ0) is 12.5. The van der Waals surface area contributed by atoms with Crippen LogP contribution in [0.4, 0.5) is 0 Å². The van der Waals surface area contributed by atoms with Crippen molar-refractivity contribution in [3.63, 3.8) is 0 Å². The first-order chi connectivity index (χ1) is 8.97. The molecule has 3 heterocycles. The number of rotatable bonds is 1. The topological polar surface area (TPSA) is 28.6 Å². The fourth-order valence-electron chi connectivity index (χ4n) is 2.31. The Morgan fingerprint density at radius 1 is 0.722 bits per heavy atom. The quantitative estimate of drug-likeness (QED) is 0.759. The van der Waals surface area contributed by atoms with Crippen LogP contribution >= 0.6 is 0 Å². The van der Waals surface area contributed by atoms with Crippen LogP contribution in [0.1, 0.15) is 19.3 Å². The number of hydrogen-bond donors (Lipinski definition) is 0. The molecular weight excluding hydrogens is 226 g/mol. The summed E-state index contributed by atoms with van der Waals surface area (Å²) in [5, 5.41) is 4.97. The first-order valence-corrected chi connectivity index (χ1v) is 6.89. The highest BCUT2D eigenvalue weighted by Crippen LogP contribution is 2.12. The summed E-state index contributed by atoms with van der Waals surface area (Å²) in [5.74, 6) is 0. The third-order valence-electron chi connectivity index (χ3n) is 3.29. The Balaban J connectivity index is 0.000000169. The molecule has 0 amide bonds. The van der Waals surface area contributed by atoms with Gasteiger partial charge in [-0.05, 0) is 25.0 Å². The number of nitrogens with zero attached hydrogens (tertiary/aromatic N) is 3. The number of aromatic nitrogens is 1. The summed E-state index contributed by atoms with van der Waals surface area (Å²) < 4.78 is 5.32. The van der Waals surface area contributed by atoms with Crippen molar-refractivity contribution in [2.24, 2.45) is 0 Å². The van der Waals surface area contributed by atoms with E-state index in [4.69, 9.17) is 4.74 Å². The minimum atomic E-state index is 0.913. The lowest BCUT2D eigenvalue weighted by molar-refractivity contribution is -0.0978. The molecule has 100 valence electrons. The van der Waals surface area contributed by atoms with Gasteiger partial charge in [0.2, 0.25) is 0 Å². The van der Waals surface area contributed by atoms with Crippen LogP contribution in [-0.4, -0.2) is 54.4 Å². The van der Waals surface area contributed by atoms with Crippen molar-refractivity contribution in [3.8, 4) is 0 Å². The molecule has 0 bridgehead atoms. The van der Waals surface area contributed by atoms with Crippen molar-refractivity contribution in [2.45, 2.75) is 19.3 Å². The van der Waals surface area contributed by atoms with Crippen LogP contribution in [0.5, 0.6) is 0 Å². The number of pyridine rings is 1. The van der Waals surface area contributed by atoms with Crippen molar-refractivity contribution in [1.29, 1.82) is 0 Å². The summed E-state index contributed by atoms with van der Waals surface area (Å²) in [5.41, 5.74) is 0. The summed E-state index contributed by atoms with van der Waals surface area (Å²) >= 11 is 0. The molecule has 2 saturated heterocycles. The number of ether oxygens (including phenoxy) is 1. The Hall–Kier alpha value is -0.970. The minimum Gasteiger partial charge on any atom is -0.379 e. The Bertz CT molecular complexity index is 252. The van der Waals surface area contributed by atoms with Crippen molar-refractivity contribution < 1.29 is 4.74 Å². The van der Waals surface area contributed by atoms with Crippen LogP contribution < -0.4 is 0 Å². The fourth-order valence-corrected chi connectivity index (χ4v) is 2.31. The van der Waals surface area contributed by atoms with Gasteiger partial charge in [0.25, 0.3) is 0 Å². The monoisotopic (exact) mass is 249 g/mol. The molecule has 2 aliphatic rings. The molecule has 0 N–H and O–H groups in total. The molecule has 2 fully saturated rings. The van der Waals surface area contributed by atoms with Gasteiger partial charge in [0.15, 0.2) is 0 Å². The van der Waals surface area contributed by atoms with E-state index in [9.17, 15) is 0 Å². The van der Waals surface area contributed by atoms with Crippen molar-refractivity contribution >= 4 is 0 Å². The molecule has 0 aliphatic carbocycles. The largest absolute Gasteiger partial charge is 0.379 e. The van der Waals surface area contributed by atoms with Gasteiger partial charge in [-0.25, -0.2) is 10.0 Å². The van der Waals surface area contributed by atoms with Crippen molar-refractivity contribution in [3.05, 3.63) is 30.6 Å². The maximum absolute atomic E-state index is 5.32. The van der Waals surface area contributed by atoms with E-state index in [1.165, 1.54) is 32.4 Å².